The van der Waals surface area contributed by atoms with Gasteiger partial charge in [0.25, 0.3) is 0 Å². The zero-order valence-electron chi connectivity index (χ0n) is 17.2. The van der Waals surface area contributed by atoms with Crippen molar-refractivity contribution < 1.29 is 41.1 Å². The monoisotopic (exact) mass is 462 g/mol. The molecule has 14 heteroatoms. The Balaban J connectivity index is 4.78. The number of hydrogen-bond acceptors (Lipinski definition) is 6. The van der Waals surface area contributed by atoms with E-state index in [4.69, 9.17) is 0 Å². The van der Waals surface area contributed by atoms with Crippen LogP contribution in [0.15, 0.2) is 0 Å². The number of sulfonamides is 1. The van der Waals surface area contributed by atoms with Gasteiger partial charge in [-0.15, -0.1) is 0 Å². The first-order chi connectivity index (χ1) is 13.6. The number of alkyl halides is 3. The number of aliphatic carboxylic acids is 1. The van der Waals surface area contributed by atoms with Crippen LogP contribution in [0.4, 0.5) is 13.2 Å². The van der Waals surface area contributed by atoms with Crippen LogP contribution in [0.2, 0.25) is 0 Å². The van der Waals surface area contributed by atoms with Crippen molar-refractivity contribution in [2.75, 3.05) is 13.6 Å². The molecule has 2 amide bonds. The Morgan fingerprint density at radius 2 is 1.57 bits per heavy atom. The van der Waals surface area contributed by atoms with Gasteiger partial charge < -0.3 is 21.1 Å². The molecule has 0 aromatic heterocycles. The largest absolute Gasteiger partial charge is 0.511 e. The quantitative estimate of drug-likeness (QED) is 0.240. The summed E-state index contributed by atoms with van der Waals surface area (Å²) in [6, 6.07) is -2.92. The number of carboxylic acid groups (broad SMARTS) is 1. The number of likely N-dealkylation sites (N-methyl/N-ethyl adjacent to an activating group) is 1. The maximum absolute atomic E-state index is 12.5. The first-order valence-electron chi connectivity index (χ1n) is 9.20. The SMILES string of the molecule is CNC(C)C(=O)NC(C(=O)NC(CCCCNS(=O)(=O)C(F)(F)F)C(=O)O)C(C)C. The van der Waals surface area contributed by atoms with E-state index in [1.54, 1.807) is 27.8 Å². The normalized spacial score (nSPS) is 15.3. The average molecular weight is 462 g/mol. The molecular formula is C16H29F3N4O6S. The summed E-state index contributed by atoms with van der Waals surface area (Å²) in [5.41, 5.74) is -5.42. The second-order valence-corrected chi connectivity index (χ2v) is 8.74. The van der Waals surface area contributed by atoms with Crippen molar-refractivity contribution in [2.45, 2.75) is 63.7 Å². The number of rotatable bonds is 13. The van der Waals surface area contributed by atoms with Crippen molar-refractivity contribution in [3.63, 3.8) is 0 Å². The second-order valence-electron chi connectivity index (χ2n) is 6.98. The lowest BCUT2D eigenvalue weighted by Gasteiger charge is -2.25. The Morgan fingerprint density at radius 3 is 2.00 bits per heavy atom. The molecule has 0 rings (SSSR count). The Hall–Kier alpha value is -1.93. The Kier molecular flexibility index (Phi) is 11.3. The fourth-order valence-corrected chi connectivity index (χ4v) is 2.80. The summed E-state index contributed by atoms with van der Waals surface area (Å²) in [5, 5.41) is 16.8. The van der Waals surface area contributed by atoms with Gasteiger partial charge in [0.15, 0.2) is 0 Å². The Bertz CT molecular complexity index is 700. The summed E-state index contributed by atoms with van der Waals surface area (Å²) in [6.07, 6.45) is -0.174. The van der Waals surface area contributed by atoms with Gasteiger partial charge in [-0.1, -0.05) is 13.8 Å². The fraction of sp³-hybridized carbons (Fsp3) is 0.812. The van der Waals surface area contributed by atoms with Crippen LogP contribution >= 0.6 is 0 Å². The summed E-state index contributed by atoms with van der Waals surface area (Å²) < 4.78 is 59.8. The molecule has 0 radical (unpaired) electrons. The average Bonchev–Trinajstić information content (AvgIpc) is 2.62. The molecule has 0 heterocycles. The van der Waals surface area contributed by atoms with Crippen molar-refractivity contribution in [1.82, 2.24) is 20.7 Å². The van der Waals surface area contributed by atoms with Crippen LogP contribution in [-0.2, 0) is 24.4 Å². The highest BCUT2D eigenvalue weighted by molar-refractivity contribution is 7.90. The first-order valence-corrected chi connectivity index (χ1v) is 10.7. The zero-order chi connectivity index (χ0) is 23.7. The van der Waals surface area contributed by atoms with E-state index in [9.17, 15) is 41.1 Å². The molecule has 0 aliphatic carbocycles. The van der Waals surface area contributed by atoms with Crippen molar-refractivity contribution in [3.05, 3.63) is 0 Å². The van der Waals surface area contributed by atoms with Gasteiger partial charge >= 0.3 is 21.5 Å². The van der Waals surface area contributed by atoms with Gasteiger partial charge in [-0.25, -0.2) is 17.9 Å². The molecule has 3 unspecified atom stereocenters. The van der Waals surface area contributed by atoms with Crippen LogP contribution in [0.25, 0.3) is 0 Å². The molecule has 3 atom stereocenters. The lowest BCUT2D eigenvalue weighted by Crippen LogP contribution is -2.56. The molecule has 176 valence electrons. The smallest absolute Gasteiger partial charge is 0.480 e. The first kappa shape index (κ1) is 28.1. The summed E-state index contributed by atoms with van der Waals surface area (Å²) >= 11 is 0. The molecule has 5 N–H and O–H groups in total. The predicted molar refractivity (Wildman–Crippen MR) is 102 cm³/mol. The fourth-order valence-electron chi connectivity index (χ4n) is 2.23. The highest BCUT2D eigenvalue weighted by Gasteiger charge is 2.45. The number of nitrogens with one attached hydrogen (secondary N) is 4. The van der Waals surface area contributed by atoms with Gasteiger partial charge in [-0.3, -0.25) is 9.59 Å². The van der Waals surface area contributed by atoms with E-state index >= 15 is 0 Å². The molecule has 10 nitrogen and oxygen atoms in total. The third kappa shape index (κ3) is 9.26. The molecule has 0 aromatic rings. The molecular weight excluding hydrogens is 433 g/mol. The van der Waals surface area contributed by atoms with Gasteiger partial charge in [0.1, 0.15) is 12.1 Å². The van der Waals surface area contributed by atoms with Crippen molar-refractivity contribution in [3.8, 4) is 0 Å². The van der Waals surface area contributed by atoms with Gasteiger partial charge in [-0.05, 0) is 39.2 Å². The summed E-state index contributed by atoms with van der Waals surface area (Å²) in [7, 11) is -3.90. The van der Waals surface area contributed by atoms with Crippen molar-refractivity contribution >= 4 is 27.8 Å². The summed E-state index contributed by atoms with van der Waals surface area (Å²) in [5.74, 6) is -2.87. The van der Waals surface area contributed by atoms with Crippen molar-refractivity contribution in [2.24, 2.45) is 5.92 Å². The second kappa shape index (κ2) is 12.1. The van der Waals surface area contributed by atoms with E-state index < -0.39 is 58.0 Å². The third-order valence-electron chi connectivity index (χ3n) is 4.20. The highest BCUT2D eigenvalue weighted by atomic mass is 32.2. The molecule has 0 fully saturated rings. The van der Waals surface area contributed by atoms with E-state index in [1.165, 1.54) is 4.72 Å². The van der Waals surface area contributed by atoms with Gasteiger partial charge in [-0.2, -0.15) is 13.2 Å². The molecule has 0 saturated carbocycles. The van der Waals surface area contributed by atoms with E-state index in [0.717, 1.165) is 0 Å². The minimum atomic E-state index is -5.46. The van der Waals surface area contributed by atoms with Crippen molar-refractivity contribution in [1.29, 1.82) is 0 Å². The maximum Gasteiger partial charge on any atom is 0.511 e. The summed E-state index contributed by atoms with van der Waals surface area (Å²) in [4.78, 5) is 35.8. The highest BCUT2D eigenvalue weighted by Crippen LogP contribution is 2.21. The number of hydrogen-bond donors (Lipinski definition) is 5. The van der Waals surface area contributed by atoms with Gasteiger partial charge in [0.05, 0.1) is 6.04 Å². The number of halogens is 3. The molecule has 0 aliphatic heterocycles. The minimum Gasteiger partial charge on any atom is -0.480 e. The molecule has 0 aromatic carbocycles. The number of carboxylic acids is 1. The topological polar surface area (TPSA) is 154 Å². The van der Waals surface area contributed by atoms with Crippen LogP contribution in [0.3, 0.4) is 0 Å². The van der Waals surface area contributed by atoms with E-state index in [-0.39, 0.29) is 25.2 Å². The number of unbranched alkanes of at least 4 members (excludes halogenated alkanes) is 1. The van der Waals surface area contributed by atoms with Crippen LogP contribution < -0.4 is 20.7 Å². The molecule has 0 saturated heterocycles. The van der Waals surface area contributed by atoms with Crippen LogP contribution in [0.1, 0.15) is 40.0 Å². The van der Waals surface area contributed by atoms with E-state index in [2.05, 4.69) is 16.0 Å². The maximum atomic E-state index is 12.5. The number of carbonyl (C=O) groups is 3. The number of amides is 2. The van der Waals surface area contributed by atoms with E-state index in [1.807, 2.05) is 0 Å². The van der Waals surface area contributed by atoms with Gasteiger partial charge in [0.2, 0.25) is 11.8 Å². The lowest BCUT2D eigenvalue weighted by molar-refractivity contribution is -0.142. The van der Waals surface area contributed by atoms with Crippen LogP contribution in [-0.4, -0.2) is 68.5 Å². The zero-order valence-corrected chi connectivity index (χ0v) is 18.0. The standard InChI is InChI=1S/C16H29F3N4O6S/c1-9(2)12(23-13(24)10(3)20-4)14(25)22-11(15(26)27)7-5-6-8-21-30(28,29)16(17,18)19/h9-12,20-21H,5-8H2,1-4H3,(H,22,25)(H,23,24)(H,26,27). The minimum absolute atomic E-state index is 0.0348. The lowest BCUT2D eigenvalue weighted by atomic mass is 10.0. The Labute approximate surface area is 173 Å². The number of carbonyl (C=O) groups excluding carboxylic acids is 2. The van der Waals surface area contributed by atoms with Gasteiger partial charge in [0, 0.05) is 6.54 Å². The van der Waals surface area contributed by atoms with Crippen LogP contribution in [0, 0.1) is 5.92 Å². The van der Waals surface area contributed by atoms with E-state index in [0.29, 0.717) is 0 Å². The molecule has 0 spiro atoms. The Morgan fingerprint density at radius 1 is 1.00 bits per heavy atom. The summed E-state index contributed by atoms with van der Waals surface area (Å²) in [6.45, 7) is 4.38. The van der Waals surface area contributed by atoms with Crippen LogP contribution in [0.5, 0.6) is 0 Å². The third-order valence-corrected chi connectivity index (χ3v) is 5.40. The predicted octanol–water partition coefficient (Wildman–Crippen LogP) is -0.0860. The molecule has 0 bridgehead atoms. The molecule has 30 heavy (non-hydrogen) atoms. The molecule has 0 aliphatic rings.